The van der Waals surface area contributed by atoms with Gasteiger partial charge in [-0.3, -0.25) is 0 Å². The number of hydrogen-bond acceptors (Lipinski definition) is 8. The second-order valence-electron chi connectivity index (χ2n) is 17.4. The zero-order valence-corrected chi connectivity index (χ0v) is 33.5. The van der Waals surface area contributed by atoms with E-state index in [0.717, 1.165) is 80.6 Å². The first-order chi connectivity index (χ1) is 24.0. The molecule has 0 aromatic heterocycles. The molecule has 9 aliphatic rings. The van der Waals surface area contributed by atoms with Gasteiger partial charge < -0.3 is 37.9 Å². The fraction of sp³-hybridized carbons (Fsp3) is 1.00. The van der Waals surface area contributed by atoms with Crippen molar-refractivity contribution in [1.29, 1.82) is 0 Å². The molecule has 50 heavy (non-hydrogen) atoms. The highest BCUT2D eigenvalue weighted by atomic mass is 16.7. The molecule has 9 fully saturated rings. The van der Waals surface area contributed by atoms with Crippen LogP contribution in [0.2, 0.25) is 0 Å². The Morgan fingerprint density at radius 3 is 2.10 bits per heavy atom. The maximum Gasteiger partial charge on any atom is 0.163 e. The van der Waals surface area contributed by atoms with Gasteiger partial charge in [-0.1, -0.05) is 53.9 Å². The molecule has 5 heterocycles. The molecule has 8 nitrogen and oxygen atoms in total. The van der Waals surface area contributed by atoms with Crippen LogP contribution in [0.15, 0.2) is 0 Å². The van der Waals surface area contributed by atoms with Crippen LogP contribution in [0.1, 0.15) is 139 Å². The highest BCUT2D eigenvalue weighted by molar-refractivity contribution is 5.10. The molecule has 2 bridgehead atoms. The third-order valence-corrected chi connectivity index (χ3v) is 13.1. The van der Waals surface area contributed by atoms with Crippen LogP contribution in [-0.2, 0) is 37.9 Å². The fourth-order valence-corrected chi connectivity index (χ4v) is 9.20. The van der Waals surface area contributed by atoms with Gasteiger partial charge in [0.1, 0.15) is 12.2 Å². The first-order valence-corrected chi connectivity index (χ1v) is 21.1. The number of epoxide rings is 4. The topological polar surface area (TPSA) is 87.0 Å². The lowest BCUT2D eigenvalue weighted by Gasteiger charge is -2.26. The fourth-order valence-electron chi connectivity index (χ4n) is 9.20. The quantitative estimate of drug-likeness (QED) is 0.156. The van der Waals surface area contributed by atoms with Crippen LogP contribution in [0.25, 0.3) is 0 Å². The standard InChI is InChI=1S/C11H20O.C9H14O.C8H16O3.C8H14O.C6H12O2/c1-4-8(2)9-5-6-11(3)10(7-9)12-11;1-2-5-3-6-4-7(5)9-8(6)10-9;1-4-9-5-7-6-10-8(2,3)11-7;1-2-6-3-4-7-8(5-6)9-7;1-2-3-7-4-6-5-8-6/h8-10H,4-7H2,1-3H3;5-9H,2-4H2,1H3;7H,4-6H2,1-3H3;6-8H,2-5H2,1H3;6H,2-5H2,1H3. The zero-order valence-electron chi connectivity index (χ0n) is 33.5. The summed E-state index contributed by atoms with van der Waals surface area (Å²) in [5.74, 6) is 5.37. The predicted molar refractivity (Wildman–Crippen MR) is 197 cm³/mol. The molecular formula is C42H76O8. The summed E-state index contributed by atoms with van der Waals surface area (Å²) in [4.78, 5) is 0. The van der Waals surface area contributed by atoms with Crippen molar-refractivity contribution in [3.05, 3.63) is 0 Å². The van der Waals surface area contributed by atoms with Crippen molar-refractivity contribution in [2.75, 3.05) is 39.6 Å². The summed E-state index contributed by atoms with van der Waals surface area (Å²) in [6.45, 7) is 24.1. The Morgan fingerprint density at radius 2 is 1.54 bits per heavy atom. The molecular weight excluding hydrogens is 632 g/mol. The van der Waals surface area contributed by atoms with E-state index in [2.05, 4.69) is 41.5 Å². The average molecular weight is 709 g/mol. The second-order valence-corrected chi connectivity index (χ2v) is 17.4. The van der Waals surface area contributed by atoms with E-state index in [1.165, 1.54) is 70.6 Å². The Kier molecular flexibility index (Phi) is 15.4. The number of hydrogen-bond donors (Lipinski definition) is 0. The van der Waals surface area contributed by atoms with Crippen molar-refractivity contribution in [2.45, 2.75) is 193 Å². The van der Waals surface area contributed by atoms with E-state index >= 15 is 0 Å². The molecule has 8 heteroatoms. The SMILES string of the molecule is CCC(C)C1CCC2(C)OC2C1.CCC1CC2CC1C1OC21.CCC1CCC2OC2C1.CCCOCC1CO1.CCOCC1COC(C)(C)O1. The zero-order chi connectivity index (χ0) is 35.9. The average Bonchev–Trinajstić information content (AvgIpc) is 4.00. The minimum Gasteiger partial charge on any atom is -0.379 e. The Bertz CT molecular complexity index is 989. The first kappa shape index (κ1) is 40.9. The molecule has 4 saturated carbocycles. The van der Waals surface area contributed by atoms with Gasteiger partial charge in [-0.2, -0.15) is 0 Å². The van der Waals surface area contributed by atoms with Gasteiger partial charge in [0, 0.05) is 13.2 Å². The summed E-state index contributed by atoms with van der Waals surface area (Å²) >= 11 is 0. The largest absolute Gasteiger partial charge is 0.379 e. The van der Waals surface area contributed by atoms with Gasteiger partial charge in [0.25, 0.3) is 0 Å². The van der Waals surface area contributed by atoms with Crippen molar-refractivity contribution in [2.24, 2.45) is 35.5 Å². The van der Waals surface area contributed by atoms with Crippen LogP contribution in [0.4, 0.5) is 0 Å². The minimum atomic E-state index is -0.415. The monoisotopic (exact) mass is 709 g/mol. The van der Waals surface area contributed by atoms with Crippen molar-refractivity contribution in [3.8, 4) is 0 Å². The van der Waals surface area contributed by atoms with Crippen molar-refractivity contribution in [3.63, 3.8) is 0 Å². The molecule has 9 rings (SSSR count). The third kappa shape index (κ3) is 12.1. The van der Waals surface area contributed by atoms with Gasteiger partial charge in [0.15, 0.2) is 5.79 Å². The van der Waals surface area contributed by atoms with Crippen LogP contribution in [-0.4, -0.2) is 93.8 Å². The molecule has 0 aromatic carbocycles. The van der Waals surface area contributed by atoms with Gasteiger partial charge >= 0.3 is 0 Å². The summed E-state index contributed by atoms with van der Waals surface area (Å²) in [7, 11) is 0. The van der Waals surface area contributed by atoms with E-state index in [1.807, 2.05) is 20.8 Å². The molecule has 14 unspecified atom stereocenters. The molecule has 0 radical (unpaired) electrons. The predicted octanol–water partition coefficient (Wildman–Crippen LogP) is 8.76. The number of fused-ring (bicyclic) bond motifs is 7. The molecule has 4 aliphatic carbocycles. The Hall–Kier alpha value is -0.320. The van der Waals surface area contributed by atoms with E-state index in [0.29, 0.717) is 43.2 Å². The van der Waals surface area contributed by atoms with E-state index in [4.69, 9.17) is 37.9 Å². The highest BCUT2D eigenvalue weighted by Crippen LogP contribution is 2.59. The summed E-state index contributed by atoms with van der Waals surface area (Å²) in [5, 5.41) is 0. The molecule has 5 saturated heterocycles. The van der Waals surface area contributed by atoms with E-state index < -0.39 is 5.79 Å². The van der Waals surface area contributed by atoms with Gasteiger partial charge in [0.05, 0.1) is 62.5 Å². The molecule has 5 aliphatic heterocycles. The van der Waals surface area contributed by atoms with Crippen LogP contribution >= 0.6 is 0 Å². The number of rotatable bonds is 11. The lowest BCUT2D eigenvalue weighted by Crippen LogP contribution is -2.24. The molecule has 0 spiro atoms. The maximum absolute atomic E-state index is 5.69. The highest BCUT2D eigenvalue weighted by Gasteiger charge is 2.62. The normalized spacial score (nSPS) is 43.4. The lowest BCUT2D eigenvalue weighted by atomic mass is 9.76. The molecule has 292 valence electrons. The van der Waals surface area contributed by atoms with E-state index in [-0.39, 0.29) is 6.10 Å². The third-order valence-electron chi connectivity index (χ3n) is 13.1. The van der Waals surface area contributed by atoms with Crippen LogP contribution in [0.3, 0.4) is 0 Å². The summed E-state index contributed by atoms with van der Waals surface area (Å²) in [6.07, 6.45) is 20.2. The first-order valence-electron chi connectivity index (χ1n) is 21.1. The van der Waals surface area contributed by atoms with Gasteiger partial charge in [-0.05, 0) is 121 Å². The Labute approximate surface area is 306 Å². The van der Waals surface area contributed by atoms with Gasteiger partial charge in [-0.15, -0.1) is 0 Å². The minimum absolute atomic E-state index is 0.116. The summed E-state index contributed by atoms with van der Waals surface area (Å²) < 4.78 is 42.8. The van der Waals surface area contributed by atoms with Crippen molar-refractivity contribution in [1.82, 2.24) is 0 Å². The number of ether oxygens (including phenoxy) is 8. The van der Waals surface area contributed by atoms with Crippen LogP contribution in [0, 0.1) is 35.5 Å². The van der Waals surface area contributed by atoms with Crippen LogP contribution < -0.4 is 0 Å². The Balaban J connectivity index is 0.000000122. The maximum atomic E-state index is 5.69. The van der Waals surface area contributed by atoms with Gasteiger partial charge in [-0.25, -0.2) is 0 Å². The Morgan fingerprint density at radius 1 is 0.760 bits per heavy atom. The molecule has 0 aromatic rings. The van der Waals surface area contributed by atoms with Crippen molar-refractivity contribution >= 4 is 0 Å². The molecule has 14 atom stereocenters. The van der Waals surface area contributed by atoms with E-state index in [1.54, 1.807) is 0 Å². The smallest absolute Gasteiger partial charge is 0.163 e. The summed E-state index contributed by atoms with van der Waals surface area (Å²) in [6, 6.07) is 0. The molecule has 0 amide bonds. The van der Waals surface area contributed by atoms with E-state index in [9.17, 15) is 0 Å². The van der Waals surface area contributed by atoms with Gasteiger partial charge in [0.2, 0.25) is 0 Å². The second kappa shape index (κ2) is 18.8. The molecule has 0 N–H and O–H groups in total. The lowest BCUT2D eigenvalue weighted by molar-refractivity contribution is -0.144. The summed E-state index contributed by atoms with van der Waals surface area (Å²) in [5.41, 5.74) is 0.309. The van der Waals surface area contributed by atoms with Crippen LogP contribution in [0.5, 0.6) is 0 Å². The van der Waals surface area contributed by atoms with Crippen molar-refractivity contribution < 1.29 is 37.9 Å².